The van der Waals surface area contributed by atoms with Crippen molar-refractivity contribution in [1.82, 2.24) is 5.32 Å². The predicted molar refractivity (Wildman–Crippen MR) is 192 cm³/mol. The van der Waals surface area contributed by atoms with Gasteiger partial charge in [0.15, 0.2) is 11.6 Å². The molecular formula is C39H27ClFN3O5S. The van der Waals surface area contributed by atoms with Crippen molar-refractivity contribution in [3.63, 3.8) is 0 Å². The van der Waals surface area contributed by atoms with Crippen molar-refractivity contribution in [1.29, 1.82) is 0 Å². The summed E-state index contributed by atoms with van der Waals surface area (Å²) in [5, 5.41) is 7.51. The first-order valence-corrected chi connectivity index (χ1v) is 16.6. The summed E-state index contributed by atoms with van der Waals surface area (Å²) in [4.78, 5) is 66.6. The molecule has 0 fully saturated rings. The van der Waals surface area contributed by atoms with Crippen LogP contribution in [-0.4, -0.2) is 34.5 Å². The van der Waals surface area contributed by atoms with Gasteiger partial charge in [-0.2, -0.15) is 0 Å². The Kier molecular flexibility index (Phi) is 10.0. The highest BCUT2D eigenvalue weighted by molar-refractivity contribution is 8.00. The zero-order chi connectivity index (χ0) is 35.4. The number of fused-ring (bicyclic) bond motifs is 2. The third-order valence-corrected chi connectivity index (χ3v) is 9.26. The van der Waals surface area contributed by atoms with Crippen LogP contribution in [0.3, 0.4) is 0 Å². The minimum atomic E-state index is -0.719. The lowest BCUT2D eigenvalue weighted by Crippen LogP contribution is -2.30. The van der Waals surface area contributed by atoms with Crippen LogP contribution in [0.2, 0.25) is 5.02 Å². The highest BCUT2D eigenvalue weighted by Gasteiger charge is 2.32. The summed E-state index contributed by atoms with van der Waals surface area (Å²) in [6.07, 6.45) is 1.17. The Balaban J connectivity index is 1.14. The summed E-state index contributed by atoms with van der Waals surface area (Å²) in [6, 6.07) is 30.4. The molecule has 5 aromatic carbocycles. The molecular weight excluding hydrogens is 677 g/mol. The third kappa shape index (κ3) is 7.26. The van der Waals surface area contributed by atoms with E-state index in [4.69, 9.17) is 11.6 Å². The molecule has 0 aromatic heterocycles. The zero-order valence-corrected chi connectivity index (χ0v) is 27.9. The van der Waals surface area contributed by atoms with Crippen molar-refractivity contribution < 1.29 is 28.4 Å². The number of carbonyl (C=O) groups is 5. The van der Waals surface area contributed by atoms with Gasteiger partial charge in [-0.3, -0.25) is 24.0 Å². The Morgan fingerprint density at radius 3 is 2.08 bits per heavy atom. The SMILES string of the molecule is CC(Sc1ccc(NC(=O)/C(=C/c2c(F)cccc2Cl)NC(=O)c2ccccc2)cc1)C(=O)Nc1cccc2c1C(=O)c1ccccc1C2=O. The van der Waals surface area contributed by atoms with E-state index in [0.29, 0.717) is 27.3 Å². The van der Waals surface area contributed by atoms with Crippen molar-refractivity contribution in [3.05, 3.63) is 165 Å². The van der Waals surface area contributed by atoms with Gasteiger partial charge < -0.3 is 16.0 Å². The molecule has 11 heteroatoms. The van der Waals surface area contributed by atoms with E-state index in [9.17, 15) is 28.4 Å². The number of halogens is 2. The Morgan fingerprint density at radius 1 is 0.740 bits per heavy atom. The van der Waals surface area contributed by atoms with Gasteiger partial charge in [-0.25, -0.2) is 4.39 Å². The van der Waals surface area contributed by atoms with Crippen LogP contribution in [-0.2, 0) is 9.59 Å². The number of rotatable bonds is 9. The number of amides is 3. The Labute approximate surface area is 295 Å². The average Bonchev–Trinajstić information content (AvgIpc) is 3.12. The number of carbonyl (C=O) groups excluding carboxylic acids is 5. The van der Waals surface area contributed by atoms with E-state index in [-0.39, 0.29) is 50.6 Å². The van der Waals surface area contributed by atoms with Crippen LogP contribution in [0.25, 0.3) is 6.08 Å². The zero-order valence-electron chi connectivity index (χ0n) is 26.3. The maximum Gasteiger partial charge on any atom is 0.272 e. The van der Waals surface area contributed by atoms with Crippen LogP contribution in [0, 0.1) is 5.82 Å². The second-order valence-electron chi connectivity index (χ2n) is 11.2. The van der Waals surface area contributed by atoms with Gasteiger partial charge in [-0.15, -0.1) is 11.8 Å². The van der Waals surface area contributed by atoms with Crippen molar-refractivity contribution in [2.75, 3.05) is 10.6 Å². The van der Waals surface area contributed by atoms with E-state index >= 15 is 0 Å². The minimum Gasteiger partial charge on any atom is -0.324 e. The molecule has 0 saturated carbocycles. The second-order valence-corrected chi connectivity index (χ2v) is 13.0. The molecule has 0 radical (unpaired) electrons. The van der Waals surface area contributed by atoms with Gasteiger partial charge in [0.25, 0.3) is 11.8 Å². The summed E-state index contributed by atoms with van der Waals surface area (Å²) < 4.78 is 14.6. The largest absolute Gasteiger partial charge is 0.324 e. The Morgan fingerprint density at radius 2 is 1.38 bits per heavy atom. The molecule has 3 N–H and O–H groups in total. The number of nitrogens with one attached hydrogen (secondary N) is 3. The lowest BCUT2D eigenvalue weighted by molar-refractivity contribution is -0.115. The number of hydrogen-bond acceptors (Lipinski definition) is 6. The Bertz CT molecular complexity index is 2190. The number of thioether (sulfide) groups is 1. The highest BCUT2D eigenvalue weighted by Crippen LogP contribution is 2.33. The molecule has 1 atom stereocenters. The minimum absolute atomic E-state index is 0.0568. The fraction of sp³-hybridized carbons (Fsp3) is 0.0513. The van der Waals surface area contributed by atoms with E-state index in [1.54, 1.807) is 104 Å². The first-order chi connectivity index (χ1) is 24.1. The molecule has 50 heavy (non-hydrogen) atoms. The van der Waals surface area contributed by atoms with E-state index < -0.39 is 22.9 Å². The first-order valence-electron chi connectivity index (χ1n) is 15.3. The van der Waals surface area contributed by atoms with E-state index in [2.05, 4.69) is 16.0 Å². The molecule has 3 amide bonds. The molecule has 0 aliphatic heterocycles. The maximum atomic E-state index is 14.6. The van der Waals surface area contributed by atoms with Crippen LogP contribution in [0.4, 0.5) is 15.8 Å². The third-order valence-electron chi connectivity index (χ3n) is 7.82. The molecule has 6 rings (SSSR count). The summed E-state index contributed by atoms with van der Waals surface area (Å²) >= 11 is 7.43. The summed E-state index contributed by atoms with van der Waals surface area (Å²) in [5.74, 6) is -2.96. The highest BCUT2D eigenvalue weighted by atomic mass is 35.5. The molecule has 248 valence electrons. The van der Waals surface area contributed by atoms with Crippen molar-refractivity contribution in [3.8, 4) is 0 Å². The molecule has 0 saturated heterocycles. The monoisotopic (exact) mass is 703 g/mol. The fourth-order valence-corrected chi connectivity index (χ4v) is 6.38. The topological polar surface area (TPSA) is 121 Å². The van der Waals surface area contributed by atoms with Gasteiger partial charge in [-0.05, 0) is 67.6 Å². The standard InChI is InChI=1S/C39H27ClFN3O5S/c1-22(37(47)43-32-16-7-13-28-34(32)36(46)27-12-6-5-11-26(27)35(28)45)50-25-19-17-24(18-20-25)42-39(49)33(21-29-30(40)14-8-15-31(29)41)44-38(48)23-9-3-2-4-10-23/h2-22H,1H3,(H,42,49)(H,43,47)(H,44,48)/b33-21-. The molecule has 1 unspecified atom stereocenters. The molecule has 1 aliphatic rings. The number of benzene rings is 5. The van der Waals surface area contributed by atoms with Gasteiger partial charge in [0.05, 0.1) is 21.5 Å². The maximum absolute atomic E-state index is 14.6. The summed E-state index contributed by atoms with van der Waals surface area (Å²) in [6.45, 7) is 1.70. The predicted octanol–water partition coefficient (Wildman–Crippen LogP) is 7.78. The Hall–Kier alpha value is -5.84. The van der Waals surface area contributed by atoms with Gasteiger partial charge in [-0.1, -0.05) is 72.3 Å². The quantitative estimate of drug-likeness (QED) is 0.104. The second kappa shape index (κ2) is 14.7. The van der Waals surface area contributed by atoms with E-state index in [0.717, 1.165) is 0 Å². The van der Waals surface area contributed by atoms with Gasteiger partial charge in [0.1, 0.15) is 11.5 Å². The molecule has 0 spiro atoms. The van der Waals surface area contributed by atoms with E-state index in [1.807, 2.05) is 0 Å². The van der Waals surface area contributed by atoms with Crippen LogP contribution in [0.1, 0.15) is 54.7 Å². The van der Waals surface area contributed by atoms with Crippen molar-refractivity contribution in [2.45, 2.75) is 17.1 Å². The summed E-state index contributed by atoms with van der Waals surface area (Å²) in [7, 11) is 0. The summed E-state index contributed by atoms with van der Waals surface area (Å²) in [5.41, 5.74) is 1.63. The van der Waals surface area contributed by atoms with Crippen LogP contribution in [0.15, 0.2) is 126 Å². The molecule has 8 nitrogen and oxygen atoms in total. The van der Waals surface area contributed by atoms with Gasteiger partial charge in [0.2, 0.25) is 5.91 Å². The van der Waals surface area contributed by atoms with Crippen molar-refractivity contribution >= 4 is 70.1 Å². The smallest absolute Gasteiger partial charge is 0.272 e. The fourth-order valence-electron chi connectivity index (χ4n) is 5.29. The number of anilines is 2. The first kappa shape index (κ1) is 34.0. The van der Waals surface area contributed by atoms with Crippen LogP contribution >= 0.6 is 23.4 Å². The van der Waals surface area contributed by atoms with Crippen molar-refractivity contribution in [2.24, 2.45) is 0 Å². The molecule has 0 bridgehead atoms. The molecule has 5 aromatic rings. The van der Waals surface area contributed by atoms with Gasteiger partial charge in [0, 0.05) is 38.4 Å². The average molecular weight is 704 g/mol. The van der Waals surface area contributed by atoms with Crippen LogP contribution in [0.5, 0.6) is 0 Å². The normalized spacial score (nSPS) is 12.7. The lowest BCUT2D eigenvalue weighted by Gasteiger charge is -2.21. The lowest BCUT2D eigenvalue weighted by atomic mass is 9.83. The number of ketones is 2. The van der Waals surface area contributed by atoms with Gasteiger partial charge >= 0.3 is 0 Å². The number of hydrogen-bond donors (Lipinski definition) is 3. The molecule has 0 heterocycles. The molecule has 1 aliphatic carbocycles. The van der Waals surface area contributed by atoms with E-state index in [1.165, 1.54) is 36.0 Å². The van der Waals surface area contributed by atoms with Crippen LogP contribution < -0.4 is 16.0 Å².